The second-order valence-electron chi connectivity index (χ2n) is 4.48. The van der Waals surface area contributed by atoms with Gasteiger partial charge in [0, 0.05) is 0 Å². The second-order valence-corrected chi connectivity index (χ2v) is 6.46. The first-order chi connectivity index (χ1) is 9.42. The van der Waals surface area contributed by atoms with Crippen molar-refractivity contribution in [1.29, 1.82) is 0 Å². The van der Waals surface area contributed by atoms with Crippen molar-refractivity contribution in [2.45, 2.75) is 12.8 Å². The van der Waals surface area contributed by atoms with Crippen LogP contribution in [0, 0.1) is 0 Å². The summed E-state index contributed by atoms with van der Waals surface area (Å²) in [7, 11) is 0. The Morgan fingerprint density at radius 3 is 2.21 bits per heavy atom. The molecular weight excluding hydrogens is 297 g/mol. The zero-order valence-electron chi connectivity index (χ0n) is 10.6. The van der Waals surface area contributed by atoms with Crippen molar-refractivity contribution < 1.29 is 0 Å². The van der Waals surface area contributed by atoms with Crippen LogP contribution in [0.1, 0.15) is 10.1 Å². The number of nitrogens with zero attached hydrogens (tertiary/aromatic N) is 1. The molecular formula is C17H15NSe. The summed E-state index contributed by atoms with van der Waals surface area (Å²) in [6.07, 6.45) is 2.17. The van der Waals surface area contributed by atoms with Gasteiger partial charge in [0.1, 0.15) is 0 Å². The summed E-state index contributed by atoms with van der Waals surface area (Å²) in [5.74, 6) is 0. The van der Waals surface area contributed by atoms with Gasteiger partial charge in [-0.05, 0) is 0 Å². The monoisotopic (exact) mass is 313 g/mol. The van der Waals surface area contributed by atoms with E-state index in [2.05, 4.69) is 59.5 Å². The first kappa shape index (κ1) is 12.4. The minimum absolute atomic E-state index is 0.431. The van der Waals surface area contributed by atoms with Crippen LogP contribution in [-0.4, -0.2) is 19.5 Å². The van der Waals surface area contributed by atoms with Gasteiger partial charge in [0.2, 0.25) is 0 Å². The van der Waals surface area contributed by atoms with Gasteiger partial charge in [-0.25, -0.2) is 0 Å². The minimum atomic E-state index is 0.431. The van der Waals surface area contributed by atoms with Crippen LogP contribution < -0.4 is 0 Å². The van der Waals surface area contributed by atoms with E-state index in [9.17, 15) is 0 Å². The van der Waals surface area contributed by atoms with E-state index in [1.807, 2.05) is 6.07 Å². The van der Waals surface area contributed by atoms with E-state index >= 15 is 0 Å². The molecule has 0 N–H and O–H groups in total. The molecule has 2 heteroatoms. The molecule has 0 bridgehead atoms. The van der Waals surface area contributed by atoms with Crippen LogP contribution >= 0.6 is 0 Å². The third kappa shape index (κ3) is 3.23. The van der Waals surface area contributed by atoms with E-state index in [0.717, 1.165) is 18.5 Å². The molecule has 0 aliphatic heterocycles. The van der Waals surface area contributed by atoms with Crippen LogP contribution in [0.25, 0.3) is 11.3 Å². The van der Waals surface area contributed by atoms with Gasteiger partial charge in [-0.1, -0.05) is 0 Å². The second kappa shape index (κ2) is 6.01. The molecule has 3 rings (SSSR count). The summed E-state index contributed by atoms with van der Waals surface area (Å²) in [4.78, 5) is 7.07. The fourth-order valence-corrected chi connectivity index (χ4v) is 3.76. The molecule has 19 heavy (non-hydrogen) atoms. The van der Waals surface area contributed by atoms with Crippen molar-refractivity contribution in [3.05, 3.63) is 75.7 Å². The van der Waals surface area contributed by atoms with E-state index in [1.165, 1.54) is 15.7 Å². The van der Waals surface area contributed by atoms with E-state index in [1.54, 1.807) is 0 Å². The Morgan fingerprint density at radius 2 is 1.47 bits per heavy atom. The molecule has 0 unspecified atom stereocenters. The van der Waals surface area contributed by atoms with Crippen LogP contribution in [0.5, 0.6) is 0 Å². The van der Waals surface area contributed by atoms with Gasteiger partial charge in [-0.2, -0.15) is 0 Å². The first-order valence-electron chi connectivity index (χ1n) is 6.45. The van der Waals surface area contributed by atoms with Gasteiger partial charge in [-0.3, -0.25) is 0 Å². The Hall–Kier alpha value is -1.63. The average Bonchev–Trinajstić information content (AvgIpc) is 2.96. The Bertz CT molecular complexity index is 629. The number of hydrogen-bond acceptors (Lipinski definition) is 1. The molecule has 94 valence electrons. The zero-order valence-corrected chi connectivity index (χ0v) is 12.3. The molecule has 0 amide bonds. The maximum atomic E-state index is 4.78. The summed E-state index contributed by atoms with van der Waals surface area (Å²) >= 11 is 0.431. The molecule has 1 heterocycles. The number of aromatic nitrogens is 1. The molecule has 0 spiro atoms. The maximum absolute atomic E-state index is 4.78. The third-order valence-electron chi connectivity index (χ3n) is 3.09. The predicted octanol–water partition coefficient (Wildman–Crippen LogP) is 3.59. The van der Waals surface area contributed by atoms with Gasteiger partial charge < -0.3 is 0 Å². The molecule has 2 aromatic carbocycles. The van der Waals surface area contributed by atoms with E-state index < -0.39 is 0 Å². The summed E-state index contributed by atoms with van der Waals surface area (Å²) in [5.41, 5.74) is 3.79. The summed E-state index contributed by atoms with van der Waals surface area (Å²) in [6.45, 7) is 0. The van der Waals surface area contributed by atoms with E-state index in [-0.39, 0.29) is 0 Å². The van der Waals surface area contributed by atoms with Gasteiger partial charge >= 0.3 is 119 Å². The van der Waals surface area contributed by atoms with E-state index in [4.69, 9.17) is 4.98 Å². The number of rotatable bonds is 4. The summed E-state index contributed by atoms with van der Waals surface area (Å²) < 4.78 is 1.36. The molecule has 0 aliphatic rings. The number of benzene rings is 2. The van der Waals surface area contributed by atoms with Gasteiger partial charge in [-0.15, -0.1) is 0 Å². The molecule has 0 aliphatic carbocycles. The molecule has 0 fully saturated rings. The van der Waals surface area contributed by atoms with Crippen LogP contribution in [-0.2, 0) is 12.8 Å². The quantitative estimate of drug-likeness (QED) is 0.671. The third-order valence-corrected chi connectivity index (χ3v) is 5.00. The predicted molar refractivity (Wildman–Crippen MR) is 80.5 cm³/mol. The van der Waals surface area contributed by atoms with Crippen molar-refractivity contribution >= 4 is 14.5 Å². The summed E-state index contributed by atoms with van der Waals surface area (Å²) in [6, 6.07) is 21.1. The average molecular weight is 312 g/mol. The standard InChI is InChI=1S/C17H15NSe/c1-3-7-14(8-4-1)11-12-17-18-16(13-19-17)15-9-5-2-6-10-15/h1-10,13H,11-12H2. The van der Waals surface area contributed by atoms with Crippen LogP contribution in [0.3, 0.4) is 0 Å². The van der Waals surface area contributed by atoms with Gasteiger partial charge in [0.05, 0.1) is 0 Å². The molecule has 0 saturated carbocycles. The van der Waals surface area contributed by atoms with Crippen molar-refractivity contribution in [3.8, 4) is 11.3 Å². The Morgan fingerprint density at radius 1 is 0.789 bits per heavy atom. The SMILES string of the molecule is c1ccc(CCc2nc(-c3ccccc3)c[se]2)cc1. The fraction of sp³-hybridized carbons (Fsp3) is 0.118. The topological polar surface area (TPSA) is 12.9 Å². The number of hydrogen-bond donors (Lipinski definition) is 0. The molecule has 1 nitrogen and oxygen atoms in total. The van der Waals surface area contributed by atoms with Crippen LogP contribution in [0.2, 0.25) is 0 Å². The number of aryl methyl sites for hydroxylation is 2. The van der Waals surface area contributed by atoms with Crippen LogP contribution in [0.4, 0.5) is 0 Å². The fourth-order valence-electron chi connectivity index (χ4n) is 2.06. The first-order valence-corrected chi connectivity index (χ1v) is 8.30. The molecule has 0 saturated heterocycles. The zero-order chi connectivity index (χ0) is 12.9. The van der Waals surface area contributed by atoms with Crippen molar-refractivity contribution in [1.82, 2.24) is 4.98 Å². The van der Waals surface area contributed by atoms with Crippen LogP contribution in [0.15, 0.2) is 65.6 Å². The normalized spacial score (nSPS) is 10.5. The Kier molecular flexibility index (Phi) is 3.92. The Balaban J connectivity index is 1.69. The molecule has 3 aromatic rings. The van der Waals surface area contributed by atoms with E-state index in [0.29, 0.717) is 14.5 Å². The van der Waals surface area contributed by atoms with Crippen molar-refractivity contribution in [2.24, 2.45) is 0 Å². The Labute approximate surface area is 119 Å². The van der Waals surface area contributed by atoms with Gasteiger partial charge in [0.25, 0.3) is 0 Å². The molecule has 1 aromatic heterocycles. The van der Waals surface area contributed by atoms with Gasteiger partial charge in [0.15, 0.2) is 0 Å². The van der Waals surface area contributed by atoms with Crippen molar-refractivity contribution in [2.75, 3.05) is 0 Å². The molecule has 0 radical (unpaired) electrons. The van der Waals surface area contributed by atoms with Crippen molar-refractivity contribution in [3.63, 3.8) is 0 Å². The summed E-state index contributed by atoms with van der Waals surface area (Å²) in [5, 5.41) is 0. The molecule has 0 atom stereocenters.